The molecule has 23 heteroatoms. The molecule has 0 aromatic rings. The Balaban J connectivity index is 4.41. The second-order valence-electron chi connectivity index (χ2n) is 26.8. The van der Waals surface area contributed by atoms with Gasteiger partial charge in [0.05, 0.1) is 24.7 Å². The molecule has 87 heavy (non-hydrogen) atoms. The van der Waals surface area contributed by atoms with Gasteiger partial charge >= 0.3 is 0 Å². The van der Waals surface area contributed by atoms with Crippen LogP contribution in [0.2, 0.25) is 0 Å². The highest BCUT2D eigenvalue weighted by Gasteiger charge is 2.47. The second kappa shape index (κ2) is 35.9. The highest BCUT2D eigenvalue weighted by Crippen LogP contribution is 2.30. The van der Waals surface area contributed by atoms with Crippen LogP contribution in [0.4, 0.5) is 0 Å². The second-order valence-corrected chi connectivity index (χ2v) is 26.8. The van der Waals surface area contributed by atoms with Gasteiger partial charge in [-0.15, -0.1) is 0 Å². The van der Waals surface area contributed by atoms with E-state index in [1.165, 1.54) is 82.7 Å². The Labute approximate surface area is 520 Å². The summed E-state index contributed by atoms with van der Waals surface area (Å²) in [7, 11) is 8.38. The Hall–Kier alpha value is -5.97. The van der Waals surface area contributed by atoms with Gasteiger partial charge in [-0.3, -0.25) is 52.7 Å². The van der Waals surface area contributed by atoms with Crippen molar-refractivity contribution < 1.29 is 63.0 Å². The standard InChI is InChI=1S/C64H114N10O13/c1-25-27-28-40(15)53(76)50-41(16)54(77)52(39(13)14)74(24)62(85)48(32-37(9)10)72(22)61(84)47(31-36(7)8)71(21)59(82)43(18)66-55(78)42(17)65-56(79)45(29-34(3)4)70(20)64(87)51(38(11)12)68-57(80)46(30-35(5)6)69(19)63(86)49(33-75)73(23)60(83)44(26-2)67-58(50)81/h25,27,34-53,75-76H,26,28-33H2,1-24H3,(H,65,79)(H,66,78)(H,67,81)(H,68,80)/b27-25+/t40-,41?,42+,43-,44+,45+,46+,47+,48+,49-,50+,51+,52+,53-/m1/s1. The molecule has 0 aromatic heterocycles. The lowest BCUT2D eigenvalue weighted by atomic mass is 9.76. The summed E-state index contributed by atoms with van der Waals surface area (Å²) in [6, 6.07) is -12.6. The van der Waals surface area contributed by atoms with Gasteiger partial charge in [-0.05, 0) is 101 Å². The van der Waals surface area contributed by atoms with Gasteiger partial charge in [0.25, 0.3) is 0 Å². The molecule has 1 heterocycles. The van der Waals surface area contributed by atoms with E-state index in [1.807, 2.05) is 55.4 Å². The number of hydrogen-bond donors (Lipinski definition) is 6. The van der Waals surface area contributed by atoms with Crippen LogP contribution in [-0.4, -0.2) is 220 Å². The Morgan fingerprint density at radius 3 is 1.28 bits per heavy atom. The number of allylic oxidation sites excluding steroid dienone is 2. The molecule has 0 aromatic carbocycles. The van der Waals surface area contributed by atoms with E-state index in [1.54, 1.807) is 60.6 Å². The van der Waals surface area contributed by atoms with Gasteiger partial charge < -0.3 is 60.9 Å². The molecule has 14 atom stereocenters. The third-order valence-corrected chi connectivity index (χ3v) is 16.9. The normalized spacial score (nSPS) is 28.3. The van der Waals surface area contributed by atoms with Crippen molar-refractivity contribution in [2.75, 3.05) is 48.9 Å². The first-order valence-corrected chi connectivity index (χ1v) is 31.4. The van der Waals surface area contributed by atoms with E-state index >= 15 is 9.59 Å². The Bertz CT molecular complexity index is 2380. The average Bonchev–Trinajstić information content (AvgIpc) is 1.23. The average molecular weight is 1230 g/mol. The minimum Gasteiger partial charge on any atom is -0.394 e. The van der Waals surface area contributed by atoms with Crippen LogP contribution in [0.5, 0.6) is 0 Å². The number of carbonyl (C=O) groups is 11. The highest BCUT2D eigenvalue weighted by atomic mass is 16.3. The van der Waals surface area contributed by atoms with Crippen LogP contribution in [0.1, 0.15) is 163 Å². The lowest BCUT2D eigenvalue weighted by molar-refractivity contribution is -0.154. The maximum Gasteiger partial charge on any atom is 0.248 e. The summed E-state index contributed by atoms with van der Waals surface area (Å²) < 4.78 is 0. The van der Waals surface area contributed by atoms with Gasteiger partial charge in [-0.2, -0.15) is 0 Å². The van der Waals surface area contributed by atoms with Crippen LogP contribution in [0.3, 0.4) is 0 Å². The molecule has 498 valence electrons. The van der Waals surface area contributed by atoms with Crippen LogP contribution >= 0.6 is 0 Å². The fourth-order valence-corrected chi connectivity index (χ4v) is 11.3. The third kappa shape index (κ3) is 21.6. The van der Waals surface area contributed by atoms with Gasteiger partial charge in [0, 0.05) is 48.2 Å². The van der Waals surface area contributed by atoms with E-state index in [0.717, 1.165) is 9.80 Å². The molecule has 0 radical (unpaired) electrons. The van der Waals surface area contributed by atoms with E-state index in [4.69, 9.17) is 0 Å². The number of amides is 10. The van der Waals surface area contributed by atoms with Gasteiger partial charge in [0.15, 0.2) is 5.78 Å². The summed E-state index contributed by atoms with van der Waals surface area (Å²) in [4.78, 5) is 169. The molecule has 0 aliphatic carbocycles. The largest absolute Gasteiger partial charge is 0.394 e. The monoisotopic (exact) mass is 1230 g/mol. The molecule has 1 aliphatic rings. The van der Waals surface area contributed by atoms with Crippen molar-refractivity contribution in [3.63, 3.8) is 0 Å². The number of nitrogens with zero attached hydrogens (tertiary/aromatic N) is 6. The number of rotatable bonds is 16. The van der Waals surface area contributed by atoms with Crippen LogP contribution in [0, 0.1) is 53.3 Å². The zero-order chi connectivity index (χ0) is 67.6. The number of hydrogen-bond acceptors (Lipinski definition) is 13. The predicted molar refractivity (Wildman–Crippen MR) is 336 cm³/mol. The number of aliphatic hydroxyl groups excluding tert-OH is 2. The van der Waals surface area contributed by atoms with Crippen molar-refractivity contribution >= 4 is 64.9 Å². The van der Waals surface area contributed by atoms with Crippen molar-refractivity contribution in [2.45, 2.75) is 230 Å². The van der Waals surface area contributed by atoms with Crippen molar-refractivity contribution in [3.8, 4) is 0 Å². The van der Waals surface area contributed by atoms with Crippen molar-refractivity contribution in [2.24, 2.45) is 53.3 Å². The Morgan fingerprint density at radius 1 is 0.460 bits per heavy atom. The molecular formula is C64H114N10O13. The topological polar surface area (TPSA) is 296 Å². The molecule has 1 fully saturated rings. The molecule has 1 aliphatic heterocycles. The summed E-state index contributed by atoms with van der Waals surface area (Å²) in [6.07, 6.45) is 2.89. The smallest absolute Gasteiger partial charge is 0.248 e. The summed E-state index contributed by atoms with van der Waals surface area (Å²) in [5, 5.41) is 34.0. The minimum atomic E-state index is -1.59. The summed E-state index contributed by atoms with van der Waals surface area (Å²) >= 11 is 0. The Morgan fingerprint density at radius 2 is 0.851 bits per heavy atom. The maximum atomic E-state index is 15.3. The molecule has 0 saturated carbocycles. The fourth-order valence-electron chi connectivity index (χ4n) is 11.3. The van der Waals surface area contributed by atoms with Crippen molar-refractivity contribution in [1.82, 2.24) is 50.7 Å². The third-order valence-electron chi connectivity index (χ3n) is 16.9. The van der Waals surface area contributed by atoms with Crippen LogP contribution in [0.25, 0.3) is 0 Å². The molecule has 6 N–H and O–H groups in total. The molecule has 1 unspecified atom stereocenters. The highest BCUT2D eigenvalue weighted by molar-refractivity contribution is 6.00. The summed E-state index contributed by atoms with van der Waals surface area (Å²) in [5.41, 5.74) is 0. The van der Waals surface area contributed by atoms with E-state index in [-0.39, 0.29) is 55.8 Å². The van der Waals surface area contributed by atoms with Crippen LogP contribution in [-0.2, 0) is 52.7 Å². The SMILES string of the molecule is C/C=C/C[C@@H](C)[C@@H](O)[C@H]1C(=O)N[C@@H](CC)C(=O)N(C)[C@H](CO)C(=O)N(C)[C@@H](CC(C)C)C(=O)N[C@@H](C(C)C)C(=O)N(C)[C@@H](CC(C)C)C(=O)N[C@@H](C)C(=O)N[C@H](C)C(=O)N(C)[C@@H](CC(C)C)C(=O)N(C)[C@@H](CC(C)C)C(=O)N(C)[C@@H](C(C)C)C(=O)C1C. The van der Waals surface area contributed by atoms with Gasteiger partial charge in [0.1, 0.15) is 54.4 Å². The van der Waals surface area contributed by atoms with E-state index in [0.29, 0.717) is 6.42 Å². The van der Waals surface area contributed by atoms with Gasteiger partial charge in [0.2, 0.25) is 59.1 Å². The molecule has 0 spiro atoms. The van der Waals surface area contributed by atoms with Crippen molar-refractivity contribution in [3.05, 3.63) is 12.2 Å². The molecule has 10 amide bonds. The first kappa shape index (κ1) is 79.0. The zero-order valence-corrected chi connectivity index (χ0v) is 57.2. The lowest BCUT2D eigenvalue weighted by Crippen LogP contribution is -2.62. The van der Waals surface area contributed by atoms with Crippen molar-refractivity contribution in [1.29, 1.82) is 0 Å². The first-order valence-electron chi connectivity index (χ1n) is 31.4. The first-order chi connectivity index (χ1) is 40.2. The molecule has 0 bridgehead atoms. The number of carbonyl (C=O) groups excluding carboxylic acids is 11. The number of ketones is 1. The molecule has 1 rings (SSSR count). The Kier molecular flexibility index (Phi) is 32.6. The quantitative estimate of drug-likeness (QED) is 0.121. The number of Topliss-reactive ketones (excluding diaryl/α,β-unsaturated/α-hetero) is 1. The molecule has 23 nitrogen and oxygen atoms in total. The summed E-state index contributed by atoms with van der Waals surface area (Å²) in [5.74, 6) is -13.0. The zero-order valence-electron chi connectivity index (χ0n) is 57.2. The van der Waals surface area contributed by atoms with Crippen LogP contribution in [0.15, 0.2) is 12.2 Å². The predicted octanol–water partition coefficient (Wildman–Crippen LogP) is 3.62. The van der Waals surface area contributed by atoms with E-state index < -0.39 is 168 Å². The molecular weight excluding hydrogens is 1120 g/mol. The number of nitrogens with one attached hydrogen (secondary N) is 4. The number of likely N-dealkylation sites (N-methyl/N-ethyl adjacent to an activating group) is 6. The minimum absolute atomic E-state index is 0.0438. The summed E-state index contributed by atoms with van der Waals surface area (Å²) in [6.45, 7) is 30.3. The number of aliphatic hydroxyl groups is 2. The van der Waals surface area contributed by atoms with E-state index in [2.05, 4.69) is 21.3 Å². The van der Waals surface area contributed by atoms with Crippen LogP contribution < -0.4 is 21.3 Å². The lowest BCUT2D eigenvalue weighted by Gasteiger charge is -2.40. The fraction of sp³-hybridized carbons (Fsp3) is 0.797. The maximum absolute atomic E-state index is 15.3. The van der Waals surface area contributed by atoms with Gasteiger partial charge in [-0.25, -0.2) is 0 Å². The van der Waals surface area contributed by atoms with E-state index in [9.17, 15) is 53.4 Å². The molecule has 1 saturated heterocycles. The van der Waals surface area contributed by atoms with Gasteiger partial charge in [-0.1, -0.05) is 116 Å².